The van der Waals surface area contributed by atoms with Crippen molar-refractivity contribution in [3.8, 4) is 5.75 Å². The van der Waals surface area contributed by atoms with Crippen molar-refractivity contribution in [1.82, 2.24) is 5.32 Å². The summed E-state index contributed by atoms with van der Waals surface area (Å²) in [6, 6.07) is 8.62. The van der Waals surface area contributed by atoms with Crippen LogP contribution in [0.1, 0.15) is 18.9 Å². The Hall–Kier alpha value is -1.06. The summed E-state index contributed by atoms with van der Waals surface area (Å²) >= 11 is 0. The van der Waals surface area contributed by atoms with E-state index in [1.54, 1.807) is 0 Å². The van der Waals surface area contributed by atoms with Gasteiger partial charge in [0.2, 0.25) is 0 Å². The Morgan fingerprint density at radius 2 is 2.24 bits per heavy atom. The SMILES string of the molecule is CCc1ccccc1OC1COCCC1NC. The zero-order valence-electron chi connectivity index (χ0n) is 10.6. The van der Waals surface area contributed by atoms with Crippen LogP contribution in [0.15, 0.2) is 24.3 Å². The minimum Gasteiger partial charge on any atom is -0.486 e. The molecule has 1 heterocycles. The molecule has 1 aliphatic heterocycles. The van der Waals surface area contributed by atoms with Crippen molar-refractivity contribution in [3.05, 3.63) is 29.8 Å². The second-order valence-electron chi connectivity index (χ2n) is 4.38. The Labute approximate surface area is 103 Å². The normalized spacial score (nSPS) is 24.6. The number of ether oxygens (including phenoxy) is 2. The lowest BCUT2D eigenvalue weighted by atomic mass is 10.1. The Morgan fingerprint density at radius 3 is 3.00 bits per heavy atom. The molecule has 2 rings (SSSR count). The van der Waals surface area contributed by atoms with E-state index in [1.165, 1.54) is 5.56 Å². The molecule has 17 heavy (non-hydrogen) atoms. The fourth-order valence-corrected chi connectivity index (χ4v) is 2.23. The number of benzene rings is 1. The fraction of sp³-hybridized carbons (Fsp3) is 0.571. The van der Waals surface area contributed by atoms with Gasteiger partial charge in [0.15, 0.2) is 0 Å². The Bertz CT molecular complexity index is 354. The zero-order valence-corrected chi connectivity index (χ0v) is 10.6. The average Bonchev–Trinajstić information content (AvgIpc) is 2.40. The molecule has 0 spiro atoms. The molecule has 0 aliphatic carbocycles. The van der Waals surface area contributed by atoms with Crippen LogP contribution in [0.2, 0.25) is 0 Å². The van der Waals surface area contributed by atoms with E-state index in [9.17, 15) is 0 Å². The molecule has 1 N–H and O–H groups in total. The smallest absolute Gasteiger partial charge is 0.137 e. The first-order valence-corrected chi connectivity index (χ1v) is 6.34. The summed E-state index contributed by atoms with van der Waals surface area (Å²) < 4.78 is 11.6. The highest BCUT2D eigenvalue weighted by molar-refractivity contribution is 5.33. The van der Waals surface area contributed by atoms with Crippen LogP contribution in [0, 0.1) is 0 Å². The first-order valence-electron chi connectivity index (χ1n) is 6.34. The lowest BCUT2D eigenvalue weighted by molar-refractivity contribution is -0.0132. The monoisotopic (exact) mass is 235 g/mol. The Morgan fingerprint density at radius 1 is 1.41 bits per heavy atom. The number of para-hydroxylation sites is 1. The van der Waals surface area contributed by atoms with Crippen LogP contribution in [-0.2, 0) is 11.2 Å². The summed E-state index contributed by atoms with van der Waals surface area (Å²) in [4.78, 5) is 0. The third kappa shape index (κ3) is 2.99. The molecule has 1 aromatic carbocycles. The van der Waals surface area contributed by atoms with Crippen molar-refractivity contribution >= 4 is 0 Å². The van der Waals surface area contributed by atoms with Gasteiger partial charge in [0.05, 0.1) is 6.61 Å². The fourth-order valence-electron chi connectivity index (χ4n) is 2.23. The van der Waals surface area contributed by atoms with Crippen molar-refractivity contribution in [3.63, 3.8) is 0 Å². The van der Waals surface area contributed by atoms with E-state index < -0.39 is 0 Å². The molecule has 3 heteroatoms. The van der Waals surface area contributed by atoms with Gasteiger partial charge >= 0.3 is 0 Å². The summed E-state index contributed by atoms with van der Waals surface area (Å²) in [5, 5.41) is 3.31. The Balaban J connectivity index is 2.08. The number of hydrogen-bond acceptors (Lipinski definition) is 3. The second-order valence-corrected chi connectivity index (χ2v) is 4.38. The number of nitrogens with one attached hydrogen (secondary N) is 1. The van der Waals surface area contributed by atoms with Crippen molar-refractivity contribution < 1.29 is 9.47 Å². The van der Waals surface area contributed by atoms with E-state index in [2.05, 4.69) is 24.4 Å². The van der Waals surface area contributed by atoms with Crippen molar-refractivity contribution in [2.45, 2.75) is 31.9 Å². The van der Waals surface area contributed by atoms with Gasteiger partial charge < -0.3 is 14.8 Å². The van der Waals surface area contributed by atoms with Crippen LogP contribution in [0.3, 0.4) is 0 Å². The van der Waals surface area contributed by atoms with Crippen LogP contribution in [0.4, 0.5) is 0 Å². The first kappa shape index (κ1) is 12.4. The summed E-state index contributed by atoms with van der Waals surface area (Å²) in [6.45, 7) is 3.64. The van der Waals surface area contributed by atoms with Crippen LogP contribution in [0.5, 0.6) is 5.75 Å². The van der Waals surface area contributed by atoms with E-state index in [-0.39, 0.29) is 6.10 Å². The topological polar surface area (TPSA) is 30.5 Å². The predicted molar refractivity (Wildman–Crippen MR) is 68.5 cm³/mol. The molecule has 0 radical (unpaired) electrons. The lowest BCUT2D eigenvalue weighted by Gasteiger charge is -2.32. The minimum absolute atomic E-state index is 0.112. The molecule has 3 nitrogen and oxygen atoms in total. The van der Waals surface area contributed by atoms with Gasteiger partial charge in [-0.05, 0) is 31.5 Å². The standard InChI is InChI=1S/C14H21NO2/c1-3-11-6-4-5-7-13(11)17-14-10-16-9-8-12(14)15-2/h4-7,12,14-15H,3,8-10H2,1-2H3. The highest BCUT2D eigenvalue weighted by atomic mass is 16.5. The van der Waals surface area contributed by atoms with E-state index >= 15 is 0 Å². The quantitative estimate of drug-likeness (QED) is 0.866. The van der Waals surface area contributed by atoms with Gasteiger partial charge in [0.1, 0.15) is 11.9 Å². The highest BCUT2D eigenvalue weighted by Gasteiger charge is 2.26. The van der Waals surface area contributed by atoms with E-state index in [0.29, 0.717) is 12.6 Å². The average molecular weight is 235 g/mol. The molecule has 0 bridgehead atoms. The molecule has 94 valence electrons. The maximum absolute atomic E-state index is 6.09. The van der Waals surface area contributed by atoms with Crippen molar-refractivity contribution in [1.29, 1.82) is 0 Å². The van der Waals surface area contributed by atoms with Crippen molar-refractivity contribution in [2.24, 2.45) is 0 Å². The molecule has 1 saturated heterocycles. The van der Waals surface area contributed by atoms with E-state index in [4.69, 9.17) is 9.47 Å². The molecular formula is C14H21NO2. The molecule has 0 aromatic heterocycles. The first-order chi connectivity index (χ1) is 8.35. The molecular weight excluding hydrogens is 214 g/mol. The largest absolute Gasteiger partial charge is 0.486 e. The number of likely N-dealkylation sites (N-methyl/N-ethyl adjacent to an activating group) is 1. The summed E-state index contributed by atoms with van der Waals surface area (Å²) in [7, 11) is 1.98. The number of aryl methyl sites for hydroxylation is 1. The van der Waals surface area contributed by atoms with Crippen LogP contribution in [0.25, 0.3) is 0 Å². The van der Waals surface area contributed by atoms with Gasteiger partial charge in [-0.2, -0.15) is 0 Å². The zero-order chi connectivity index (χ0) is 12.1. The predicted octanol–water partition coefficient (Wildman–Crippen LogP) is 2.00. The number of hydrogen-bond donors (Lipinski definition) is 1. The summed E-state index contributed by atoms with van der Waals surface area (Å²) in [6.07, 6.45) is 2.12. The minimum atomic E-state index is 0.112. The summed E-state index contributed by atoms with van der Waals surface area (Å²) in [5.74, 6) is 0.991. The lowest BCUT2D eigenvalue weighted by Crippen LogP contribution is -2.48. The maximum atomic E-state index is 6.09. The van der Waals surface area contributed by atoms with Gasteiger partial charge in [-0.1, -0.05) is 25.1 Å². The van der Waals surface area contributed by atoms with Gasteiger partial charge in [-0.3, -0.25) is 0 Å². The third-order valence-corrected chi connectivity index (χ3v) is 3.31. The Kier molecular flexibility index (Phi) is 4.40. The van der Waals surface area contributed by atoms with Crippen molar-refractivity contribution in [2.75, 3.05) is 20.3 Å². The van der Waals surface area contributed by atoms with E-state index in [1.807, 2.05) is 19.2 Å². The molecule has 0 amide bonds. The summed E-state index contributed by atoms with van der Waals surface area (Å²) in [5.41, 5.74) is 1.26. The third-order valence-electron chi connectivity index (χ3n) is 3.31. The van der Waals surface area contributed by atoms with Gasteiger partial charge in [0, 0.05) is 12.6 Å². The molecule has 2 unspecified atom stereocenters. The molecule has 0 saturated carbocycles. The molecule has 1 aliphatic rings. The maximum Gasteiger partial charge on any atom is 0.137 e. The van der Waals surface area contributed by atoms with Gasteiger partial charge in [-0.25, -0.2) is 0 Å². The van der Waals surface area contributed by atoms with Gasteiger partial charge in [-0.15, -0.1) is 0 Å². The van der Waals surface area contributed by atoms with Crippen LogP contribution < -0.4 is 10.1 Å². The second kappa shape index (κ2) is 6.03. The molecule has 1 fully saturated rings. The highest BCUT2D eigenvalue weighted by Crippen LogP contribution is 2.22. The van der Waals surface area contributed by atoms with Crippen LogP contribution >= 0.6 is 0 Å². The van der Waals surface area contributed by atoms with Crippen LogP contribution in [-0.4, -0.2) is 32.4 Å². The molecule has 1 aromatic rings. The van der Waals surface area contributed by atoms with Gasteiger partial charge in [0.25, 0.3) is 0 Å². The molecule has 2 atom stereocenters. The van der Waals surface area contributed by atoms with E-state index in [0.717, 1.165) is 25.2 Å². The number of rotatable bonds is 4.